The second kappa shape index (κ2) is 13.1. The number of furan rings is 1. The molecule has 0 N–H and O–H groups in total. The van der Waals surface area contributed by atoms with E-state index in [9.17, 15) is 0 Å². The van der Waals surface area contributed by atoms with Crippen molar-refractivity contribution in [2.75, 3.05) is 0 Å². The molecule has 4 heterocycles. The molecule has 5 heteroatoms. The molecule has 13 aromatic rings. The Morgan fingerprint density at radius 3 is 1.79 bits per heavy atom. The number of nitrogens with zero attached hydrogens (tertiary/aromatic N) is 4. The summed E-state index contributed by atoms with van der Waals surface area (Å²) in [5.41, 5.74) is 14.5. The third-order valence-electron chi connectivity index (χ3n) is 12.3. The van der Waals surface area contributed by atoms with E-state index in [-0.39, 0.29) is 0 Å². The largest absolute Gasteiger partial charge is 0.456 e. The lowest BCUT2D eigenvalue weighted by molar-refractivity contribution is 0.669. The quantitative estimate of drug-likeness (QED) is 0.175. The SMILES string of the molecule is c1ccc(-c2ccc(-c3nc(-n4c5ccc6oc7ccccc7c6c5c5ccc6c7ccccc7n(-c7cccc(-c8ccccc8)c7)c6c54)nc4ccccc34)cc2)cc1. The maximum Gasteiger partial charge on any atom is 0.235 e. The Hall–Kier alpha value is -8.28. The molecule has 0 unspecified atom stereocenters. The van der Waals surface area contributed by atoms with E-state index in [4.69, 9.17) is 14.4 Å². The van der Waals surface area contributed by atoms with Gasteiger partial charge in [-0.1, -0.05) is 164 Å². The molecule has 0 aliphatic rings. The van der Waals surface area contributed by atoms with Crippen LogP contribution < -0.4 is 0 Å². The summed E-state index contributed by atoms with van der Waals surface area (Å²) in [6, 6.07) is 73.0. The van der Waals surface area contributed by atoms with E-state index in [1.165, 1.54) is 16.5 Å². The number of rotatable bonds is 5. The molecule has 5 nitrogen and oxygen atoms in total. The van der Waals surface area contributed by atoms with E-state index in [2.05, 4.69) is 209 Å². The molecule has 284 valence electrons. The zero-order chi connectivity index (χ0) is 40.0. The smallest absolute Gasteiger partial charge is 0.235 e. The molecule has 0 atom stereocenters. The normalized spacial score (nSPS) is 11.9. The van der Waals surface area contributed by atoms with Crippen LogP contribution in [0.2, 0.25) is 0 Å². The monoisotopic (exact) mass is 778 g/mol. The molecule has 0 aliphatic heterocycles. The number of hydrogen-bond acceptors (Lipinski definition) is 3. The highest BCUT2D eigenvalue weighted by molar-refractivity contribution is 6.31. The van der Waals surface area contributed by atoms with Gasteiger partial charge in [-0.25, -0.2) is 9.97 Å². The van der Waals surface area contributed by atoms with Crippen LogP contribution >= 0.6 is 0 Å². The predicted molar refractivity (Wildman–Crippen MR) is 252 cm³/mol. The molecular weight excluding hydrogens is 745 g/mol. The van der Waals surface area contributed by atoms with Crippen LogP contribution in [0.3, 0.4) is 0 Å². The second-order valence-corrected chi connectivity index (χ2v) is 15.7. The van der Waals surface area contributed by atoms with Crippen LogP contribution in [0.1, 0.15) is 0 Å². The number of aromatic nitrogens is 4. The Morgan fingerprint density at radius 2 is 0.967 bits per heavy atom. The highest BCUT2D eigenvalue weighted by Gasteiger charge is 2.26. The third kappa shape index (κ3) is 5.08. The standard InChI is InChI=1S/C56H34N4O/c1-3-14-35(15-4-1)37-26-28-38(29-27-37)53-43-21-7-10-23-46(43)57-56(58-53)60-48-32-33-50-52(44-22-9-12-25-49(44)61-50)51(48)45-31-30-42-41-20-8-11-24-47(41)59(54(42)55(45)60)40-19-13-18-39(34-40)36-16-5-2-6-17-36/h1-34H. The fourth-order valence-corrected chi connectivity index (χ4v) is 9.62. The average molecular weight is 779 g/mol. The van der Waals surface area contributed by atoms with Gasteiger partial charge in [-0.3, -0.25) is 4.57 Å². The lowest BCUT2D eigenvalue weighted by Gasteiger charge is -2.14. The van der Waals surface area contributed by atoms with Gasteiger partial charge in [0.25, 0.3) is 0 Å². The molecule has 0 aliphatic carbocycles. The second-order valence-electron chi connectivity index (χ2n) is 15.7. The van der Waals surface area contributed by atoms with Crippen LogP contribution in [-0.2, 0) is 0 Å². The molecule has 0 saturated carbocycles. The van der Waals surface area contributed by atoms with Gasteiger partial charge in [-0.05, 0) is 64.7 Å². The van der Waals surface area contributed by atoms with Crippen molar-refractivity contribution >= 4 is 76.5 Å². The first kappa shape index (κ1) is 33.7. The van der Waals surface area contributed by atoms with Gasteiger partial charge in [0.1, 0.15) is 11.2 Å². The van der Waals surface area contributed by atoms with Crippen molar-refractivity contribution in [1.29, 1.82) is 0 Å². The molecule has 4 aromatic heterocycles. The summed E-state index contributed by atoms with van der Waals surface area (Å²) in [5, 5.41) is 7.72. The average Bonchev–Trinajstić information content (AvgIpc) is 3.99. The lowest BCUT2D eigenvalue weighted by Crippen LogP contribution is -2.05. The summed E-state index contributed by atoms with van der Waals surface area (Å²) in [7, 11) is 0. The van der Waals surface area contributed by atoms with E-state index in [1.807, 2.05) is 6.07 Å². The molecule has 9 aromatic carbocycles. The van der Waals surface area contributed by atoms with Crippen LogP contribution in [0.25, 0.3) is 122 Å². The molecule has 0 bridgehead atoms. The Balaban J connectivity index is 1.18. The van der Waals surface area contributed by atoms with Gasteiger partial charge in [0.15, 0.2) is 0 Å². The highest BCUT2D eigenvalue weighted by atomic mass is 16.3. The van der Waals surface area contributed by atoms with Crippen molar-refractivity contribution in [1.82, 2.24) is 19.1 Å². The van der Waals surface area contributed by atoms with Crippen LogP contribution in [0.15, 0.2) is 211 Å². The predicted octanol–water partition coefficient (Wildman–Crippen LogP) is 14.7. The Morgan fingerprint density at radius 1 is 0.344 bits per heavy atom. The maximum atomic E-state index is 6.54. The minimum atomic E-state index is 0.607. The number of para-hydroxylation sites is 3. The topological polar surface area (TPSA) is 48.8 Å². The first-order valence-electron chi connectivity index (χ1n) is 20.7. The highest BCUT2D eigenvalue weighted by Crippen LogP contribution is 2.46. The molecule has 0 amide bonds. The number of fused-ring (bicyclic) bond motifs is 12. The summed E-state index contributed by atoms with van der Waals surface area (Å²) in [6.45, 7) is 0. The van der Waals surface area contributed by atoms with E-state index < -0.39 is 0 Å². The van der Waals surface area contributed by atoms with E-state index >= 15 is 0 Å². The van der Waals surface area contributed by atoms with Crippen molar-refractivity contribution < 1.29 is 4.42 Å². The van der Waals surface area contributed by atoms with Gasteiger partial charge in [0, 0.05) is 49.0 Å². The minimum Gasteiger partial charge on any atom is -0.456 e. The summed E-state index contributed by atoms with van der Waals surface area (Å²) in [4.78, 5) is 11.0. The van der Waals surface area contributed by atoms with Gasteiger partial charge >= 0.3 is 0 Å². The van der Waals surface area contributed by atoms with Gasteiger partial charge in [0.05, 0.1) is 33.3 Å². The molecular formula is C56H34N4O. The van der Waals surface area contributed by atoms with E-state index in [0.29, 0.717) is 5.95 Å². The molecule has 0 spiro atoms. The number of benzene rings is 9. The zero-order valence-electron chi connectivity index (χ0n) is 32.8. The van der Waals surface area contributed by atoms with Crippen LogP contribution in [0, 0.1) is 0 Å². The van der Waals surface area contributed by atoms with Crippen molar-refractivity contribution in [2.45, 2.75) is 0 Å². The Kier molecular flexibility index (Phi) is 7.24. The first-order valence-corrected chi connectivity index (χ1v) is 20.7. The summed E-state index contributed by atoms with van der Waals surface area (Å²) in [6.07, 6.45) is 0. The van der Waals surface area contributed by atoms with Gasteiger partial charge in [-0.2, -0.15) is 0 Å². The van der Waals surface area contributed by atoms with Crippen LogP contribution in [0.4, 0.5) is 0 Å². The van der Waals surface area contributed by atoms with Crippen molar-refractivity contribution in [2.24, 2.45) is 0 Å². The molecule has 0 radical (unpaired) electrons. The van der Waals surface area contributed by atoms with E-state index in [1.54, 1.807) is 0 Å². The van der Waals surface area contributed by atoms with Crippen molar-refractivity contribution in [3.05, 3.63) is 206 Å². The summed E-state index contributed by atoms with van der Waals surface area (Å²) >= 11 is 0. The van der Waals surface area contributed by atoms with E-state index in [0.717, 1.165) is 99.1 Å². The summed E-state index contributed by atoms with van der Waals surface area (Å²) < 4.78 is 11.3. The van der Waals surface area contributed by atoms with Crippen LogP contribution in [0.5, 0.6) is 0 Å². The number of hydrogen-bond donors (Lipinski definition) is 0. The Labute approximate surface area is 350 Å². The molecule has 61 heavy (non-hydrogen) atoms. The Bertz CT molecular complexity index is 3860. The van der Waals surface area contributed by atoms with Gasteiger partial charge in [-0.15, -0.1) is 0 Å². The fraction of sp³-hybridized carbons (Fsp3) is 0. The zero-order valence-corrected chi connectivity index (χ0v) is 32.8. The molecule has 0 fully saturated rings. The van der Waals surface area contributed by atoms with Crippen molar-refractivity contribution in [3.8, 4) is 45.1 Å². The third-order valence-corrected chi connectivity index (χ3v) is 12.3. The van der Waals surface area contributed by atoms with Gasteiger partial charge in [0.2, 0.25) is 5.95 Å². The van der Waals surface area contributed by atoms with Crippen LogP contribution in [-0.4, -0.2) is 19.1 Å². The minimum absolute atomic E-state index is 0.607. The summed E-state index contributed by atoms with van der Waals surface area (Å²) in [5.74, 6) is 0.607. The molecule has 13 rings (SSSR count). The van der Waals surface area contributed by atoms with Crippen molar-refractivity contribution in [3.63, 3.8) is 0 Å². The fourth-order valence-electron chi connectivity index (χ4n) is 9.62. The first-order chi connectivity index (χ1) is 30.3. The lowest BCUT2D eigenvalue weighted by atomic mass is 10.0. The van der Waals surface area contributed by atoms with Gasteiger partial charge < -0.3 is 8.98 Å². The molecule has 0 saturated heterocycles. The maximum absolute atomic E-state index is 6.54.